The van der Waals surface area contributed by atoms with Gasteiger partial charge < -0.3 is 14.9 Å². The zero-order chi connectivity index (χ0) is 19.8. The van der Waals surface area contributed by atoms with Gasteiger partial charge in [-0.1, -0.05) is 11.2 Å². The number of fused-ring (bicyclic) bond motifs is 1. The van der Waals surface area contributed by atoms with Crippen LogP contribution in [0.5, 0.6) is 0 Å². The van der Waals surface area contributed by atoms with Crippen LogP contribution in [0.3, 0.4) is 0 Å². The molecule has 3 atom stereocenters. The molecule has 2 heterocycles. The van der Waals surface area contributed by atoms with E-state index < -0.39 is 0 Å². The molecule has 0 saturated heterocycles. The predicted molar refractivity (Wildman–Crippen MR) is 112 cm³/mol. The van der Waals surface area contributed by atoms with Crippen LogP contribution in [0, 0.1) is 6.92 Å². The molecule has 0 bridgehead atoms. The van der Waals surface area contributed by atoms with Gasteiger partial charge in [-0.3, -0.25) is 4.68 Å². The number of benzene rings is 1. The third kappa shape index (κ3) is 3.67. The summed E-state index contributed by atoms with van der Waals surface area (Å²) in [5.41, 5.74) is 5.93. The van der Waals surface area contributed by atoms with Crippen LogP contribution in [0.1, 0.15) is 68.8 Å². The van der Waals surface area contributed by atoms with Gasteiger partial charge in [-0.25, -0.2) is 0 Å². The van der Waals surface area contributed by atoms with Crippen molar-refractivity contribution < 1.29 is 9.57 Å². The van der Waals surface area contributed by atoms with Crippen molar-refractivity contribution in [3.05, 3.63) is 29.0 Å². The fraction of sp³-hybridized carbons (Fsp3) is 0.636. The lowest BCUT2D eigenvalue weighted by atomic mass is 9.86. The van der Waals surface area contributed by atoms with E-state index in [1.54, 1.807) is 7.11 Å². The predicted octanol–water partition coefficient (Wildman–Crippen LogP) is 4.07. The van der Waals surface area contributed by atoms with Crippen LogP contribution in [0.4, 0.5) is 0 Å². The molecular formula is C22H32N4O2. The van der Waals surface area contributed by atoms with Crippen molar-refractivity contribution in [3.8, 4) is 0 Å². The highest BCUT2D eigenvalue weighted by Gasteiger charge is 2.33. The van der Waals surface area contributed by atoms with Gasteiger partial charge in [0.05, 0.1) is 22.8 Å². The maximum Gasteiger partial charge on any atom is 0.136 e. The molecule has 2 aliphatic rings. The first-order valence-electron chi connectivity index (χ1n) is 10.5. The Labute approximate surface area is 167 Å². The molecule has 0 spiro atoms. The van der Waals surface area contributed by atoms with Crippen molar-refractivity contribution in [2.45, 2.75) is 77.6 Å². The second kappa shape index (κ2) is 7.84. The van der Waals surface area contributed by atoms with Gasteiger partial charge in [-0.15, -0.1) is 0 Å². The Morgan fingerprint density at radius 2 is 2.11 bits per heavy atom. The summed E-state index contributed by atoms with van der Waals surface area (Å²) in [4.78, 5) is 5.61. The Morgan fingerprint density at radius 1 is 1.32 bits per heavy atom. The van der Waals surface area contributed by atoms with E-state index in [1.165, 1.54) is 34.9 Å². The Morgan fingerprint density at radius 3 is 2.75 bits per heavy atom. The summed E-state index contributed by atoms with van der Waals surface area (Å²) in [6, 6.07) is 5.65. The minimum Gasteiger partial charge on any atom is -0.392 e. The first kappa shape index (κ1) is 19.4. The molecule has 28 heavy (non-hydrogen) atoms. The average Bonchev–Trinajstić information content (AvgIpc) is 3.34. The summed E-state index contributed by atoms with van der Waals surface area (Å²) < 4.78 is 7.39. The Hall–Kier alpha value is -1.92. The first-order valence-corrected chi connectivity index (χ1v) is 10.5. The molecule has 2 aromatic rings. The molecule has 3 unspecified atom stereocenters. The van der Waals surface area contributed by atoms with Gasteiger partial charge >= 0.3 is 0 Å². The molecule has 6 nitrogen and oxygen atoms in total. The number of methoxy groups -OCH3 is 1. The van der Waals surface area contributed by atoms with Crippen LogP contribution >= 0.6 is 0 Å². The number of nitrogens with zero attached hydrogens (tertiary/aromatic N) is 3. The molecule has 4 rings (SSSR count). The molecule has 6 heteroatoms. The smallest absolute Gasteiger partial charge is 0.136 e. The summed E-state index contributed by atoms with van der Waals surface area (Å²) in [5, 5.41) is 14.1. The maximum atomic E-state index is 5.61. The third-order valence-corrected chi connectivity index (χ3v) is 5.98. The second-order valence-electron chi connectivity index (χ2n) is 8.34. The number of hydrogen-bond donors (Lipinski definition) is 1. The first-order chi connectivity index (χ1) is 13.5. The summed E-state index contributed by atoms with van der Waals surface area (Å²) in [7, 11) is 1.75. The number of oxime groups is 1. The highest BCUT2D eigenvalue weighted by Crippen LogP contribution is 2.38. The highest BCUT2D eigenvalue weighted by molar-refractivity contribution is 5.96. The van der Waals surface area contributed by atoms with Crippen molar-refractivity contribution in [1.29, 1.82) is 0 Å². The molecule has 1 aliphatic heterocycles. The number of nitrogens with one attached hydrogen (secondary N) is 1. The van der Waals surface area contributed by atoms with Gasteiger partial charge in [0.25, 0.3) is 0 Å². The lowest BCUT2D eigenvalue weighted by molar-refractivity contribution is 0.0907. The van der Waals surface area contributed by atoms with Gasteiger partial charge in [-0.05, 0) is 64.2 Å². The Bertz CT molecular complexity index is 884. The van der Waals surface area contributed by atoms with Crippen molar-refractivity contribution in [1.82, 2.24) is 15.1 Å². The number of aromatic nitrogens is 2. The van der Waals surface area contributed by atoms with Gasteiger partial charge in [-0.2, -0.15) is 5.10 Å². The van der Waals surface area contributed by atoms with E-state index in [4.69, 9.17) is 14.7 Å². The zero-order valence-corrected chi connectivity index (χ0v) is 17.7. The van der Waals surface area contributed by atoms with E-state index in [-0.39, 0.29) is 12.0 Å². The van der Waals surface area contributed by atoms with E-state index in [0.717, 1.165) is 31.0 Å². The monoisotopic (exact) mass is 384 g/mol. The molecule has 0 radical (unpaired) electrons. The molecular weight excluding hydrogens is 352 g/mol. The number of ether oxygens (including phenoxy) is 1. The SMILES string of the molecule is COCCCn1nc(C)c2c(C3C(C)=NOC3C)cc(C(C)NC3CC3)cc21. The van der Waals surface area contributed by atoms with E-state index in [2.05, 4.69) is 55.0 Å². The summed E-state index contributed by atoms with van der Waals surface area (Å²) in [6.07, 6.45) is 3.56. The van der Waals surface area contributed by atoms with E-state index in [0.29, 0.717) is 12.1 Å². The molecule has 1 fully saturated rings. The fourth-order valence-corrected chi connectivity index (χ4v) is 4.38. The highest BCUT2D eigenvalue weighted by atomic mass is 16.6. The van der Waals surface area contributed by atoms with Crippen molar-refractivity contribution in [2.24, 2.45) is 5.16 Å². The normalized spacial score (nSPS) is 23.1. The maximum absolute atomic E-state index is 5.61. The quantitative estimate of drug-likeness (QED) is 0.697. The molecule has 0 amide bonds. The van der Waals surface area contributed by atoms with Crippen LogP contribution in [-0.4, -0.2) is 41.4 Å². The van der Waals surface area contributed by atoms with Crippen LogP contribution in [0.2, 0.25) is 0 Å². The minimum atomic E-state index is 0.0430. The van der Waals surface area contributed by atoms with Crippen LogP contribution < -0.4 is 5.32 Å². The lowest BCUT2D eigenvalue weighted by Gasteiger charge is -2.20. The third-order valence-electron chi connectivity index (χ3n) is 5.98. The van der Waals surface area contributed by atoms with Crippen LogP contribution in [0.25, 0.3) is 10.9 Å². The van der Waals surface area contributed by atoms with Crippen molar-refractivity contribution >= 4 is 16.6 Å². The topological polar surface area (TPSA) is 60.7 Å². The molecule has 1 aromatic carbocycles. The summed E-state index contributed by atoms with van der Waals surface area (Å²) in [6.45, 7) is 10.1. The van der Waals surface area contributed by atoms with Crippen LogP contribution in [0.15, 0.2) is 17.3 Å². The van der Waals surface area contributed by atoms with Crippen molar-refractivity contribution in [3.63, 3.8) is 0 Å². The van der Waals surface area contributed by atoms with Gasteiger partial charge in [0.15, 0.2) is 0 Å². The van der Waals surface area contributed by atoms with Crippen LogP contribution in [-0.2, 0) is 16.1 Å². The average molecular weight is 385 g/mol. The molecule has 1 saturated carbocycles. The second-order valence-corrected chi connectivity index (χ2v) is 8.34. The largest absolute Gasteiger partial charge is 0.392 e. The Kier molecular flexibility index (Phi) is 5.43. The van der Waals surface area contributed by atoms with Gasteiger partial charge in [0.1, 0.15) is 6.10 Å². The number of aryl methyl sites for hydroxylation is 2. The number of rotatable bonds is 8. The standard InChI is InChI=1S/C22H32N4O2/c1-13(23-18-7-8-18)17-11-19(21-15(3)25-28-16(21)4)22-14(2)24-26(20(22)12-17)9-6-10-27-5/h11-13,16,18,21,23H,6-10H2,1-5H3. The zero-order valence-electron chi connectivity index (χ0n) is 17.7. The van der Waals surface area contributed by atoms with E-state index in [1.807, 2.05) is 0 Å². The van der Waals surface area contributed by atoms with Gasteiger partial charge in [0, 0.05) is 37.7 Å². The van der Waals surface area contributed by atoms with E-state index >= 15 is 0 Å². The summed E-state index contributed by atoms with van der Waals surface area (Å²) in [5.74, 6) is 0.172. The fourth-order valence-electron chi connectivity index (χ4n) is 4.38. The summed E-state index contributed by atoms with van der Waals surface area (Å²) >= 11 is 0. The number of hydrogen-bond acceptors (Lipinski definition) is 5. The molecule has 1 aliphatic carbocycles. The van der Waals surface area contributed by atoms with Gasteiger partial charge in [0.2, 0.25) is 0 Å². The lowest BCUT2D eigenvalue weighted by Crippen LogP contribution is -2.22. The minimum absolute atomic E-state index is 0.0430. The molecule has 1 aromatic heterocycles. The molecule has 152 valence electrons. The van der Waals surface area contributed by atoms with E-state index in [9.17, 15) is 0 Å². The van der Waals surface area contributed by atoms with Crippen molar-refractivity contribution in [2.75, 3.05) is 13.7 Å². The molecule has 1 N–H and O–H groups in total. The Balaban J connectivity index is 1.81.